The summed E-state index contributed by atoms with van der Waals surface area (Å²) in [7, 11) is 0. The number of primary amides is 1. The van der Waals surface area contributed by atoms with Gasteiger partial charge in [0.1, 0.15) is 11.6 Å². The molecule has 2 unspecified atom stereocenters. The van der Waals surface area contributed by atoms with Crippen LogP contribution >= 0.6 is 11.8 Å². The fraction of sp³-hybridized carbons (Fsp3) is 0.579. The van der Waals surface area contributed by atoms with Crippen molar-refractivity contribution in [3.05, 3.63) is 30.0 Å². The van der Waals surface area contributed by atoms with Crippen LogP contribution in [-0.4, -0.2) is 50.3 Å². The minimum Gasteiger partial charge on any atom is -0.467 e. The zero-order chi connectivity index (χ0) is 20.1. The number of furan rings is 1. The van der Waals surface area contributed by atoms with Crippen LogP contribution in [0.4, 0.5) is 0 Å². The van der Waals surface area contributed by atoms with E-state index in [9.17, 15) is 9.59 Å². The molecule has 0 radical (unpaired) electrons. The largest absolute Gasteiger partial charge is 0.467 e. The Morgan fingerprint density at radius 2 is 2.04 bits per heavy atom. The van der Waals surface area contributed by atoms with Crippen LogP contribution in [0.2, 0.25) is 0 Å². The van der Waals surface area contributed by atoms with Crippen LogP contribution in [-0.2, 0) is 22.6 Å². The Balaban J connectivity index is 1.68. The Kier molecular flexibility index (Phi) is 6.77. The molecule has 0 aromatic carbocycles. The summed E-state index contributed by atoms with van der Waals surface area (Å²) in [5, 5.41) is 9.08. The van der Waals surface area contributed by atoms with Crippen LogP contribution in [0.15, 0.2) is 28.0 Å². The van der Waals surface area contributed by atoms with Crippen LogP contribution < -0.4 is 5.73 Å². The fourth-order valence-electron chi connectivity index (χ4n) is 3.65. The van der Waals surface area contributed by atoms with E-state index in [0.29, 0.717) is 41.5 Å². The standard InChI is InChI=1S/C19H27N5O3S/c1-13-8-14(2)10-23(9-13)18(26)12-28-19-22-21-17(6-5-16(20)25)24(19)11-15-4-3-7-27-15/h3-4,7,13-14H,5-6,8-12H2,1-2H3,(H2,20,25). The number of hydrogen-bond donors (Lipinski definition) is 1. The number of likely N-dealkylation sites (tertiary alicyclic amines) is 1. The first-order chi connectivity index (χ1) is 13.4. The summed E-state index contributed by atoms with van der Waals surface area (Å²) in [6.45, 7) is 6.45. The van der Waals surface area contributed by atoms with E-state index in [1.165, 1.54) is 11.8 Å². The van der Waals surface area contributed by atoms with Crippen molar-refractivity contribution in [2.24, 2.45) is 17.6 Å². The number of piperidine rings is 1. The van der Waals surface area contributed by atoms with E-state index in [2.05, 4.69) is 24.0 Å². The average Bonchev–Trinajstić information content (AvgIpc) is 3.27. The number of aromatic nitrogens is 3. The Labute approximate surface area is 168 Å². The number of hydrogen-bond acceptors (Lipinski definition) is 6. The van der Waals surface area contributed by atoms with Crippen molar-refractivity contribution < 1.29 is 14.0 Å². The third-order valence-electron chi connectivity index (χ3n) is 4.83. The number of carbonyl (C=O) groups is 2. The molecular weight excluding hydrogens is 378 g/mol. The molecule has 2 N–H and O–H groups in total. The van der Waals surface area contributed by atoms with Gasteiger partial charge in [-0.2, -0.15) is 0 Å². The van der Waals surface area contributed by atoms with Gasteiger partial charge in [0.05, 0.1) is 18.6 Å². The SMILES string of the molecule is CC1CC(C)CN(C(=O)CSc2nnc(CCC(N)=O)n2Cc2ccco2)C1. The first kappa shape index (κ1) is 20.4. The van der Waals surface area contributed by atoms with E-state index in [0.717, 1.165) is 25.3 Å². The lowest BCUT2D eigenvalue weighted by atomic mass is 9.92. The summed E-state index contributed by atoms with van der Waals surface area (Å²) < 4.78 is 7.32. The van der Waals surface area contributed by atoms with Crippen LogP contribution in [0.5, 0.6) is 0 Å². The van der Waals surface area contributed by atoms with E-state index >= 15 is 0 Å². The van der Waals surface area contributed by atoms with Gasteiger partial charge in [-0.1, -0.05) is 25.6 Å². The number of amides is 2. The molecule has 28 heavy (non-hydrogen) atoms. The topological polar surface area (TPSA) is 107 Å². The summed E-state index contributed by atoms with van der Waals surface area (Å²) in [6.07, 6.45) is 3.37. The summed E-state index contributed by atoms with van der Waals surface area (Å²) in [5.41, 5.74) is 5.27. The lowest BCUT2D eigenvalue weighted by Crippen LogP contribution is -2.43. The zero-order valence-electron chi connectivity index (χ0n) is 16.3. The zero-order valence-corrected chi connectivity index (χ0v) is 17.2. The molecule has 9 heteroatoms. The molecule has 3 heterocycles. The van der Waals surface area contributed by atoms with E-state index in [4.69, 9.17) is 10.2 Å². The lowest BCUT2D eigenvalue weighted by Gasteiger charge is -2.34. The number of nitrogens with two attached hydrogens (primary N) is 1. The maximum Gasteiger partial charge on any atom is 0.233 e. The Morgan fingerprint density at radius 1 is 1.29 bits per heavy atom. The highest BCUT2D eigenvalue weighted by atomic mass is 32.2. The smallest absolute Gasteiger partial charge is 0.233 e. The van der Waals surface area contributed by atoms with Crippen LogP contribution in [0.3, 0.4) is 0 Å². The first-order valence-corrected chi connectivity index (χ1v) is 10.5. The van der Waals surface area contributed by atoms with Crippen LogP contribution in [0.1, 0.15) is 38.3 Å². The van der Waals surface area contributed by atoms with E-state index in [1.807, 2.05) is 21.6 Å². The maximum atomic E-state index is 12.7. The molecule has 0 saturated carbocycles. The van der Waals surface area contributed by atoms with Crippen molar-refractivity contribution in [3.63, 3.8) is 0 Å². The molecule has 1 saturated heterocycles. The van der Waals surface area contributed by atoms with Crippen LogP contribution in [0.25, 0.3) is 0 Å². The molecule has 152 valence electrons. The van der Waals surface area contributed by atoms with E-state index in [1.54, 1.807) is 6.26 Å². The highest BCUT2D eigenvalue weighted by Gasteiger charge is 2.26. The van der Waals surface area contributed by atoms with Gasteiger partial charge >= 0.3 is 0 Å². The molecular formula is C19H27N5O3S. The Morgan fingerprint density at radius 3 is 2.68 bits per heavy atom. The van der Waals surface area contributed by atoms with Gasteiger partial charge in [0.25, 0.3) is 0 Å². The predicted octanol–water partition coefficient (Wildman–Crippen LogP) is 1.93. The second-order valence-corrected chi connectivity index (χ2v) is 8.51. The van der Waals surface area contributed by atoms with Crippen molar-refractivity contribution >= 4 is 23.6 Å². The van der Waals surface area contributed by atoms with Crippen LogP contribution in [0, 0.1) is 11.8 Å². The van der Waals surface area contributed by atoms with Crippen molar-refractivity contribution in [2.75, 3.05) is 18.8 Å². The maximum absolute atomic E-state index is 12.7. The molecule has 1 aliphatic rings. The molecule has 8 nitrogen and oxygen atoms in total. The summed E-state index contributed by atoms with van der Waals surface area (Å²) in [6, 6.07) is 3.69. The average molecular weight is 406 g/mol. The third kappa shape index (κ3) is 5.37. The van der Waals surface area contributed by atoms with Crippen molar-refractivity contribution in [1.29, 1.82) is 0 Å². The monoisotopic (exact) mass is 405 g/mol. The van der Waals surface area contributed by atoms with Gasteiger partial charge < -0.3 is 15.1 Å². The normalized spacial score (nSPS) is 19.7. The first-order valence-electron chi connectivity index (χ1n) is 9.55. The van der Waals surface area contributed by atoms with Gasteiger partial charge in [-0.15, -0.1) is 10.2 Å². The number of nitrogens with zero attached hydrogens (tertiary/aromatic N) is 4. The van der Waals surface area contributed by atoms with Gasteiger partial charge in [-0.05, 0) is 30.4 Å². The lowest BCUT2D eigenvalue weighted by molar-refractivity contribution is -0.131. The summed E-state index contributed by atoms with van der Waals surface area (Å²) in [4.78, 5) is 25.8. The quantitative estimate of drug-likeness (QED) is 0.673. The highest BCUT2D eigenvalue weighted by molar-refractivity contribution is 7.99. The highest BCUT2D eigenvalue weighted by Crippen LogP contribution is 2.24. The molecule has 2 atom stereocenters. The predicted molar refractivity (Wildman–Crippen MR) is 106 cm³/mol. The third-order valence-corrected chi connectivity index (χ3v) is 5.78. The van der Waals surface area contributed by atoms with Gasteiger partial charge in [0.2, 0.25) is 11.8 Å². The summed E-state index contributed by atoms with van der Waals surface area (Å²) in [5.74, 6) is 2.52. The molecule has 1 aliphatic heterocycles. The Bertz CT molecular complexity index is 795. The van der Waals surface area contributed by atoms with E-state index in [-0.39, 0.29) is 18.2 Å². The molecule has 1 fully saturated rings. The van der Waals surface area contributed by atoms with E-state index < -0.39 is 0 Å². The second-order valence-electron chi connectivity index (χ2n) is 7.56. The number of thioether (sulfide) groups is 1. The summed E-state index contributed by atoms with van der Waals surface area (Å²) >= 11 is 1.37. The van der Waals surface area contributed by atoms with Crippen molar-refractivity contribution in [2.45, 2.75) is 44.8 Å². The number of carbonyl (C=O) groups excluding carboxylic acids is 2. The number of aryl methyl sites for hydroxylation is 1. The minimum absolute atomic E-state index is 0.120. The minimum atomic E-state index is -0.384. The van der Waals surface area contributed by atoms with Gasteiger partial charge in [-0.25, -0.2) is 0 Å². The van der Waals surface area contributed by atoms with Gasteiger partial charge in [0, 0.05) is 25.9 Å². The van der Waals surface area contributed by atoms with Gasteiger partial charge in [-0.3, -0.25) is 14.2 Å². The molecule has 0 spiro atoms. The molecule has 0 bridgehead atoms. The molecule has 2 aromatic heterocycles. The molecule has 3 rings (SSSR count). The molecule has 0 aliphatic carbocycles. The Hall–Kier alpha value is -2.29. The number of rotatable bonds is 8. The van der Waals surface area contributed by atoms with Crippen molar-refractivity contribution in [1.82, 2.24) is 19.7 Å². The molecule has 2 amide bonds. The van der Waals surface area contributed by atoms with Crippen molar-refractivity contribution in [3.8, 4) is 0 Å². The van der Waals surface area contributed by atoms with Gasteiger partial charge in [0.15, 0.2) is 5.16 Å². The molecule has 2 aromatic rings. The second kappa shape index (κ2) is 9.27. The fourth-order valence-corrected chi connectivity index (χ4v) is 4.51.